The molecule has 0 fully saturated rings. The zero-order valence-corrected chi connectivity index (χ0v) is 11.4. The van der Waals surface area contributed by atoms with Gasteiger partial charge in [0.2, 0.25) is 0 Å². The molecule has 0 aliphatic rings. The molecule has 3 heteroatoms. The van der Waals surface area contributed by atoms with Gasteiger partial charge in [0.1, 0.15) is 5.60 Å². The monoisotopic (exact) mass is 244 g/mol. The topological polar surface area (TPSA) is 26.3 Å². The van der Waals surface area contributed by atoms with Crippen LogP contribution in [-0.4, -0.2) is 17.5 Å². The van der Waals surface area contributed by atoms with E-state index in [2.05, 4.69) is 18.8 Å². The summed E-state index contributed by atoms with van der Waals surface area (Å²) in [5, 5.41) is 0. The highest BCUT2D eigenvalue weighted by atomic mass is 35.5. The molecule has 0 aliphatic carbocycles. The zero-order chi connectivity index (χ0) is 12.6. The maximum atomic E-state index is 11.3. The Balaban J connectivity index is 4.18. The minimum atomic E-state index is -0.469. The molecule has 1 unspecified atom stereocenters. The van der Waals surface area contributed by atoms with Gasteiger partial charge in [-0.05, 0) is 40.0 Å². The second-order valence-electron chi connectivity index (χ2n) is 4.71. The molecule has 0 aromatic rings. The highest BCUT2D eigenvalue weighted by Crippen LogP contribution is 2.10. The lowest BCUT2D eigenvalue weighted by Gasteiger charge is -2.17. The Hall–Kier alpha value is -0.680. The molecule has 0 spiro atoms. The minimum absolute atomic E-state index is 0.242. The lowest BCUT2D eigenvalue weighted by Crippen LogP contribution is -2.22. The molecule has 0 aromatic carbocycles. The third kappa shape index (κ3) is 8.61. The third-order valence-corrected chi connectivity index (χ3v) is 2.22. The van der Waals surface area contributed by atoms with Crippen LogP contribution in [0.4, 0.5) is 0 Å². The average molecular weight is 245 g/mol. The predicted octanol–water partition coefficient (Wildman–Crippen LogP) is 3.38. The van der Waals surface area contributed by atoms with E-state index in [4.69, 9.17) is 16.3 Å². The molecule has 0 heterocycles. The van der Waals surface area contributed by atoms with Crippen molar-refractivity contribution < 1.29 is 9.53 Å². The highest BCUT2D eigenvalue weighted by molar-refractivity contribution is 6.17. The van der Waals surface area contributed by atoms with Crippen molar-refractivity contribution in [1.29, 1.82) is 0 Å². The van der Waals surface area contributed by atoms with E-state index in [0.717, 1.165) is 19.3 Å². The van der Waals surface area contributed by atoms with Crippen LogP contribution in [0, 0.1) is 17.8 Å². The van der Waals surface area contributed by atoms with Gasteiger partial charge in [0, 0.05) is 17.7 Å². The summed E-state index contributed by atoms with van der Waals surface area (Å²) in [6, 6.07) is 0. The summed E-state index contributed by atoms with van der Waals surface area (Å²) in [4.78, 5) is 11.3. The van der Waals surface area contributed by atoms with Crippen LogP contribution >= 0.6 is 11.6 Å². The maximum Gasteiger partial charge on any atom is 0.384 e. The summed E-state index contributed by atoms with van der Waals surface area (Å²) in [6.45, 7) is 7.55. The molecule has 2 nitrogen and oxygen atoms in total. The minimum Gasteiger partial charge on any atom is -0.450 e. The first-order valence-corrected chi connectivity index (χ1v) is 6.23. The van der Waals surface area contributed by atoms with Crippen LogP contribution in [0.2, 0.25) is 0 Å². The summed E-state index contributed by atoms with van der Waals surface area (Å²) in [6.07, 6.45) is 2.81. The summed E-state index contributed by atoms with van der Waals surface area (Å²) in [5.41, 5.74) is -0.469. The van der Waals surface area contributed by atoms with Gasteiger partial charge in [-0.1, -0.05) is 12.8 Å². The van der Waals surface area contributed by atoms with Gasteiger partial charge in [0.05, 0.1) is 0 Å². The molecule has 92 valence electrons. The zero-order valence-electron chi connectivity index (χ0n) is 10.6. The Kier molecular flexibility index (Phi) is 7.25. The van der Waals surface area contributed by atoms with Crippen molar-refractivity contribution in [2.75, 3.05) is 5.88 Å². The first-order chi connectivity index (χ1) is 7.39. The number of esters is 1. The van der Waals surface area contributed by atoms with Crippen molar-refractivity contribution in [3.05, 3.63) is 0 Å². The number of hydrogen-bond acceptors (Lipinski definition) is 2. The largest absolute Gasteiger partial charge is 0.450 e. The van der Waals surface area contributed by atoms with E-state index < -0.39 is 11.6 Å². The van der Waals surface area contributed by atoms with Gasteiger partial charge in [-0.2, -0.15) is 0 Å². The molecule has 0 saturated heterocycles. The Bertz CT molecular complexity index is 268. The number of rotatable bonds is 4. The fraction of sp³-hybridized carbons (Fsp3) is 0.769. The van der Waals surface area contributed by atoms with Crippen molar-refractivity contribution in [2.45, 2.75) is 52.6 Å². The molecule has 0 N–H and O–H groups in total. The van der Waals surface area contributed by atoms with Crippen LogP contribution in [0.5, 0.6) is 0 Å². The normalized spacial score (nSPS) is 12.6. The first kappa shape index (κ1) is 15.3. The number of carbonyl (C=O) groups is 1. The Labute approximate surface area is 104 Å². The summed E-state index contributed by atoms with van der Waals surface area (Å²) in [7, 11) is 0. The van der Waals surface area contributed by atoms with Crippen LogP contribution < -0.4 is 0 Å². The second-order valence-corrected chi connectivity index (χ2v) is 5.09. The third-order valence-electron chi connectivity index (χ3n) is 1.96. The van der Waals surface area contributed by atoms with Crippen LogP contribution in [0.15, 0.2) is 0 Å². The van der Waals surface area contributed by atoms with Gasteiger partial charge in [-0.15, -0.1) is 11.6 Å². The lowest BCUT2D eigenvalue weighted by molar-refractivity contribution is -0.147. The molecule has 0 aliphatic heterocycles. The fourth-order valence-electron chi connectivity index (χ4n) is 1.17. The van der Waals surface area contributed by atoms with E-state index in [0.29, 0.717) is 5.88 Å². The Morgan fingerprint density at radius 3 is 2.50 bits per heavy atom. The van der Waals surface area contributed by atoms with Gasteiger partial charge in [0.15, 0.2) is 0 Å². The number of carbonyl (C=O) groups excluding carboxylic acids is 1. The van der Waals surface area contributed by atoms with Gasteiger partial charge in [0.25, 0.3) is 0 Å². The number of hydrogen-bond donors (Lipinski definition) is 0. The van der Waals surface area contributed by atoms with E-state index in [9.17, 15) is 4.79 Å². The van der Waals surface area contributed by atoms with E-state index in [1.165, 1.54) is 0 Å². The molecular weight excluding hydrogens is 224 g/mol. The average Bonchev–Trinajstić information content (AvgIpc) is 2.15. The molecule has 0 radical (unpaired) electrons. The summed E-state index contributed by atoms with van der Waals surface area (Å²) >= 11 is 5.61. The molecule has 1 atom stereocenters. The van der Waals surface area contributed by atoms with Crippen LogP contribution in [0.3, 0.4) is 0 Å². The molecule has 0 rings (SSSR count). The molecule has 0 amide bonds. The molecular formula is C13H21ClO2. The van der Waals surface area contributed by atoms with Crippen LogP contribution in [0.25, 0.3) is 0 Å². The van der Waals surface area contributed by atoms with E-state index in [1.807, 2.05) is 20.8 Å². The molecule has 0 saturated carbocycles. The highest BCUT2D eigenvalue weighted by Gasteiger charge is 2.14. The van der Waals surface area contributed by atoms with Crippen molar-refractivity contribution >= 4 is 17.6 Å². The number of ether oxygens (including phenoxy) is 1. The fourth-order valence-corrected chi connectivity index (χ4v) is 1.32. The predicted molar refractivity (Wildman–Crippen MR) is 67.4 cm³/mol. The van der Waals surface area contributed by atoms with E-state index in [1.54, 1.807) is 0 Å². The van der Waals surface area contributed by atoms with E-state index in [-0.39, 0.29) is 5.92 Å². The number of halogens is 1. The standard InChI is InChI=1S/C13H21ClO2/c1-5-11(7-6-10-14)8-9-12(15)16-13(2,3)4/h11H,5-7,10H2,1-4H3. The SMILES string of the molecule is CCC(C#CC(=O)OC(C)(C)C)CCCCl. The Morgan fingerprint density at radius 1 is 1.44 bits per heavy atom. The lowest BCUT2D eigenvalue weighted by atomic mass is 10.0. The van der Waals surface area contributed by atoms with E-state index >= 15 is 0 Å². The first-order valence-electron chi connectivity index (χ1n) is 5.69. The van der Waals surface area contributed by atoms with Gasteiger partial charge in [-0.3, -0.25) is 0 Å². The van der Waals surface area contributed by atoms with Crippen LogP contribution in [-0.2, 0) is 9.53 Å². The van der Waals surface area contributed by atoms with Crippen molar-refractivity contribution in [2.24, 2.45) is 5.92 Å². The van der Waals surface area contributed by atoms with Crippen molar-refractivity contribution in [1.82, 2.24) is 0 Å². The summed E-state index contributed by atoms with van der Waals surface area (Å²) < 4.78 is 5.10. The second kappa shape index (κ2) is 7.57. The molecule has 0 bridgehead atoms. The quantitative estimate of drug-likeness (QED) is 0.328. The summed E-state index contributed by atoms with van der Waals surface area (Å²) in [5.74, 6) is 5.93. The molecule has 0 aromatic heterocycles. The Morgan fingerprint density at radius 2 is 2.06 bits per heavy atom. The van der Waals surface area contributed by atoms with Gasteiger partial charge < -0.3 is 4.74 Å². The van der Waals surface area contributed by atoms with Gasteiger partial charge in [-0.25, -0.2) is 4.79 Å². The smallest absolute Gasteiger partial charge is 0.384 e. The maximum absolute atomic E-state index is 11.3. The molecule has 16 heavy (non-hydrogen) atoms. The van der Waals surface area contributed by atoms with Crippen molar-refractivity contribution in [3.63, 3.8) is 0 Å². The van der Waals surface area contributed by atoms with Crippen LogP contribution in [0.1, 0.15) is 47.0 Å². The van der Waals surface area contributed by atoms with Crippen molar-refractivity contribution in [3.8, 4) is 11.8 Å². The van der Waals surface area contributed by atoms with Gasteiger partial charge >= 0.3 is 5.97 Å². The number of alkyl halides is 1.